The predicted octanol–water partition coefficient (Wildman–Crippen LogP) is 3.90. The summed E-state index contributed by atoms with van der Waals surface area (Å²) in [6, 6.07) is 0. The van der Waals surface area contributed by atoms with Crippen molar-refractivity contribution >= 4 is 0 Å². The van der Waals surface area contributed by atoms with Crippen molar-refractivity contribution < 1.29 is 4.74 Å². The minimum absolute atomic E-state index is 0.112. The van der Waals surface area contributed by atoms with E-state index >= 15 is 0 Å². The lowest BCUT2D eigenvalue weighted by molar-refractivity contribution is -0.117. The van der Waals surface area contributed by atoms with Crippen LogP contribution in [0.4, 0.5) is 0 Å². The van der Waals surface area contributed by atoms with Gasteiger partial charge in [-0.15, -0.1) is 0 Å². The molecule has 0 aromatic carbocycles. The molecular formula is C13H22O. The topological polar surface area (TPSA) is 9.23 Å². The molecule has 0 amide bonds. The van der Waals surface area contributed by atoms with Crippen molar-refractivity contribution in [3.8, 4) is 0 Å². The summed E-state index contributed by atoms with van der Waals surface area (Å²) in [6.07, 6.45) is 7.36. The van der Waals surface area contributed by atoms with Gasteiger partial charge in [0.15, 0.2) is 0 Å². The number of ether oxygens (including phenoxy) is 1. The molecular weight excluding hydrogens is 172 g/mol. The van der Waals surface area contributed by atoms with Crippen molar-refractivity contribution in [1.29, 1.82) is 0 Å². The van der Waals surface area contributed by atoms with Gasteiger partial charge in [-0.1, -0.05) is 13.8 Å². The van der Waals surface area contributed by atoms with E-state index in [0.29, 0.717) is 11.3 Å². The third kappa shape index (κ3) is 1.47. The summed E-state index contributed by atoms with van der Waals surface area (Å²) in [5.41, 5.74) is 0.560. The van der Waals surface area contributed by atoms with E-state index in [9.17, 15) is 0 Å². The third-order valence-electron chi connectivity index (χ3n) is 4.21. The van der Waals surface area contributed by atoms with Gasteiger partial charge in [0.05, 0.1) is 5.76 Å². The largest absolute Gasteiger partial charge is 0.492 e. The van der Waals surface area contributed by atoms with Crippen LogP contribution >= 0.6 is 0 Å². The molecule has 0 N–H and O–H groups in total. The van der Waals surface area contributed by atoms with Crippen LogP contribution in [0.25, 0.3) is 0 Å². The molecule has 1 heterocycles. The van der Waals surface area contributed by atoms with E-state index in [4.69, 9.17) is 4.74 Å². The molecule has 2 aliphatic rings. The minimum Gasteiger partial charge on any atom is -0.492 e. The van der Waals surface area contributed by atoms with Crippen LogP contribution in [0.5, 0.6) is 0 Å². The number of fused-ring (bicyclic) bond motifs is 1. The maximum absolute atomic E-state index is 6.07. The maximum atomic E-state index is 6.07. The van der Waals surface area contributed by atoms with Gasteiger partial charge in [-0.3, -0.25) is 0 Å². The fourth-order valence-electron chi connectivity index (χ4n) is 3.45. The number of hydrogen-bond donors (Lipinski definition) is 0. The van der Waals surface area contributed by atoms with E-state index in [-0.39, 0.29) is 5.60 Å². The van der Waals surface area contributed by atoms with Crippen molar-refractivity contribution in [1.82, 2.24) is 0 Å². The molecule has 14 heavy (non-hydrogen) atoms. The lowest BCUT2D eigenvalue weighted by Gasteiger charge is -2.52. The molecule has 1 aliphatic carbocycles. The molecule has 80 valence electrons. The van der Waals surface area contributed by atoms with Crippen molar-refractivity contribution in [3.63, 3.8) is 0 Å². The first-order valence-electron chi connectivity index (χ1n) is 5.80. The van der Waals surface area contributed by atoms with Crippen LogP contribution in [-0.4, -0.2) is 5.60 Å². The van der Waals surface area contributed by atoms with Crippen LogP contribution in [0.1, 0.15) is 53.4 Å². The summed E-state index contributed by atoms with van der Waals surface area (Å²) < 4.78 is 6.07. The smallest absolute Gasteiger partial charge is 0.109 e. The van der Waals surface area contributed by atoms with Gasteiger partial charge in [-0.05, 0) is 51.0 Å². The molecule has 0 unspecified atom stereocenters. The van der Waals surface area contributed by atoms with Crippen molar-refractivity contribution in [2.24, 2.45) is 11.3 Å². The van der Waals surface area contributed by atoms with Gasteiger partial charge in [0.2, 0.25) is 0 Å². The molecule has 1 nitrogen and oxygen atoms in total. The first-order valence-corrected chi connectivity index (χ1v) is 5.80. The number of hydrogen-bond acceptors (Lipinski definition) is 1. The molecule has 0 aromatic rings. The fourth-order valence-corrected chi connectivity index (χ4v) is 3.45. The molecule has 1 fully saturated rings. The quantitative estimate of drug-likeness (QED) is 0.568. The lowest BCUT2D eigenvalue weighted by Crippen LogP contribution is -2.49. The Balaban J connectivity index is 2.30. The van der Waals surface area contributed by atoms with Crippen molar-refractivity contribution in [2.45, 2.75) is 59.0 Å². The summed E-state index contributed by atoms with van der Waals surface area (Å²) >= 11 is 0. The van der Waals surface area contributed by atoms with E-state index in [1.54, 1.807) is 0 Å². The zero-order valence-electron chi connectivity index (χ0n) is 9.89. The van der Waals surface area contributed by atoms with Gasteiger partial charge in [-0.25, -0.2) is 0 Å². The summed E-state index contributed by atoms with van der Waals surface area (Å²) in [4.78, 5) is 0. The van der Waals surface area contributed by atoms with E-state index in [1.807, 2.05) is 0 Å². The van der Waals surface area contributed by atoms with Gasteiger partial charge < -0.3 is 4.74 Å². The molecule has 2 rings (SSSR count). The molecule has 0 spiro atoms. The Hall–Kier alpha value is -0.460. The average molecular weight is 194 g/mol. The standard InChI is InChI=1S/C13H22O/c1-10-6-7-11-12(2,3)8-5-9-13(11,4)14-10/h6,11H,5,7-9H2,1-4H3/t11-,13-/m0/s1. The molecule has 0 saturated heterocycles. The third-order valence-corrected chi connectivity index (χ3v) is 4.21. The SMILES string of the molecule is CC1=CC[C@H]2C(C)(C)CCC[C@]2(C)O1. The Bertz CT molecular complexity index is 264. The summed E-state index contributed by atoms with van der Waals surface area (Å²) in [7, 11) is 0. The molecule has 1 heteroatoms. The fraction of sp³-hybridized carbons (Fsp3) is 0.846. The summed E-state index contributed by atoms with van der Waals surface area (Å²) in [6.45, 7) is 9.18. The highest BCUT2D eigenvalue weighted by Crippen LogP contribution is 2.52. The average Bonchev–Trinajstić information content (AvgIpc) is 2.00. The zero-order chi connectivity index (χ0) is 10.4. The van der Waals surface area contributed by atoms with Gasteiger partial charge in [0.1, 0.15) is 5.60 Å². The van der Waals surface area contributed by atoms with Crippen molar-refractivity contribution in [3.05, 3.63) is 11.8 Å². The monoisotopic (exact) mass is 194 g/mol. The van der Waals surface area contributed by atoms with Gasteiger partial charge >= 0.3 is 0 Å². The van der Waals surface area contributed by atoms with Gasteiger partial charge in [0.25, 0.3) is 0 Å². The first-order chi connectivity index (χ1) is 6.44. The van der Waals surface area contributed by atoms with E-state index in [1.165, 1.54) is 25.7 Å². The highest BCUT2D eigenvalue weighted by molar-refractivity contribution is 5.08. The highest BCUT2D eigenvalue weighted by atomic mass is 16.5. The molecule has 1 saturated carbocycles. The second-order valence-corrected chi connectivity index (χ2v) is 5.86. The normalized spacial score (nSPS) is 40.9. The van der Waals surface area contributed by atoms with Crippen LogP contribution < -0.4 is 0 Å². The molecule has 1 aliphatic heterocycles. The molecule has 0 radical (unpaired) electrons. The van der Waals surface area contributed by atoms with E-state index in [0.717, 1.165) is 5.76 Å². The second-order valence-electron chi connectivity index (χ2n) is 5.86. The Morgan fingerprint density at radius 1 is 1.29 bits per heavy atom. The van der Waals surface area contributed by atoms with Crippen LogP contribution in [0, 0.1) is 11.3 Å². The van der Waals surface area contributed by atoms with E-state index in [2.05, 4.69) is 33.8 Å². The molecule has 0 aromatic heterocycles. The van der Waals surface area contributed by atoms with E-state index < -0.39 is 0 Å². The van der Waals surface area contributed by atoms with Crippen LogP contribution in [0.15, 0.2) is 11.8 Å². The maximum Gasteiger partial charge on any atom is 0.109 e. The summed E-state index contributed by atoms with van der Waals surface area (Å²) in [5.74, 6) is 1.83. The Morgan fingerprint density at radius 3 is 2.71 bits per heavy atom. The number of rotatable bonds is 0. The predicted molar refractivity (Wildman–Crippen MR) is 59.0 cm³/mol. The number of allylic oxidation sites excluding steroid dienone is 2. The van der Waals surface area contributed by atoms with Crippen molar-refractivity contribution in [2.75, 3.05) is 0 Å². The second kappa shape index (κ2) is 3.01. The van der Waals surface area contributed by atoms with Crippen LogP contribution in [-0.2, 0) is 4.74 Å². The molecule has 0 bridgehead atoms. The highest BCUT2D eigenvalue weighted by Gasteiger charge is 2.48. The summed E-state index contributed by atoms with van der Waals surface area (Å²) in [5, 5.41) is 0. The van der Waals surface area contributed by atoms with Gasteiger partial charge in [0, 0.05) is 5.92 Å². The Morgan fingerprint density at radius 2 is 2.00 bits per heavy atom. The molecule has 2 atom stereocenters. The Kier molecular flexibility index (Phi) is 2.17. The minimum atomic E-state index is 0.112. The lowest BCUT2D eigenvalue weighted by atomic mass is 9.60. The first kappa shape index (κ1) is 10.1. The Labute approximate surface area is 87.5 Å². The van der Waals surface area contributed by atoms with Crippen LogP contribution in [0.3, 0.4) is 0 Å². The zero-order valence-corrected chi connectivity index (χ0v) is 9.89. The van der Waals surface area contributed by atoms with Crippen LogP contribution in [0.2, 0.25) is 0 Å². The van der Waals surface area contributed by atoms with Gasteiger partial charge in [-0.2, -0.15) is 0 Å².